The molecule has 0 N–H and O–H groups in total. The summed E-state index contributed by atoms with van der Waals surface area (Å²) >= 11 is 0. The molecule has 0 saturated heterocycles. The molecule has 6 aromatic heterocycles. The predicted molar refractivity (Wildman–Crippen MR) is 241 cm³/mol. The molecule has 0 aliphatic carbocycles. The highest BCUT2D eigenvalue weighted by molar-refractivity contribution is 6.10. The van der Waals surface area contributed by atoms with Gasteiger partial charge in [0.1, 0.15) is 0 Å². The van der Waals surface area contributed by atoms with Gasteiger partial charge in [0.2, 0.25) is 0 Å². The second-order valence-corrected chi connectivity index (χ2v) is 18.3. The minimum absolute atomic E-state index is 0.120. The first kappa shape index (κ1) is 36.5. The number of aromatic nitrogens is 8. The molecule has 0 amide bonds. The molecule has 0 radical (unpaired) electrons. The quantitative estimate of drug-likeness (QED) is 0.169. The molecule has 10 rings (SSSR count). The number of para-hydroxylation sites is 4. The minimum atomic E-state index is -0.687. The second-order valence-electron chi connectivity index (χ2n) is 18.3. The Kier molecular flexibility index (Phi) is 8.12. The van der Waals surface area contributed by atoms with Crippen LogP contribution in [-0.4, -0.2) is 38.7 Å². The van der Waals surface area contributed by atoms with Gasteiger partial charge in [0.25, 0.3) is 0 Å². The lowest BCUT2D eigenvalue weighted by Crippen LogP contribution is -2.25. The molecule has 292 valence electrons. The van der Waals surface area contributed by atoms with Crippen molar-refractivity contribution < 1.29 is 0 Å². The Hall–Kier alpha value is -6.80. The fourth-order valence-corrected chi connectivity index (χ4v) is 8.37. The molecule has 10 aromatic rings. The van der Waals surface area contributed by atoms with Crippen LogP contribution in [-0.2, 0) is 16.2 Å². The van der Waals surface area contributed by atoms with Gasteiger partial charge in [-0.3, -0.25) is 0 Å². The van der Waals surface area contributed by atoms with Crippen LogP contribution in [0, 0.1) is 0 Å². The number of nitrogens with zero attached hydrogens (tertiary/aromatic N) is 8. The highest BCUT2D eigenvalue weighted by atomic mass is 15.3. The van der Waals surface area contributed by atoms with E-state index < -0.39 is 5.41 Å². The number of hydrogen-bond donors (Lipinski definition) is 0. The van der Waals surface area contributed by atoms with Crippen LogP contribution in [0.1, 0.15) is 78.2 Å². The third-order valence-corrected chi connectivity index (χ3v) is 11.7. The summed E-state index contributed by atoms with van der Waals surface area (Å²) < 4.78 is 8.55. The third-order valence-electron chi connectivity index (χ3n) is 11.7. The van der Waals surface area contributed by atoms with Crippen LogP contribution in [0.25, 0.3) is 66.6 Å². The predicted octanol–water partition coefficient (Wildman–Crippen LogP) is 12.0. The molecule has 0 atom stereocenters. The molecule has 6 heterocycles. The lowest BCUT2D eigenvalue weighted by atomic mass is 9.84. The minimum Gasteiger partial charge on any atom is -0.309 e. The molecule has 0 fully saturated rings. The average Bonchev–Trinajstić information content (AvgIpc) is 4.04. The molecule has 8 nitrogen and oxygen atoms in total. The highest BCUT2D eigenvalue weighted by Crippen LogP contribution is 2.39. The van der Waals surface area contributed by atoms with Crippen LogP contribution < -0.4 is 0 Å². The molecule has 0 spiro atoms. The molecular formula is C51H48N8. The molecule has 0 aliphatic heterocycles. The van der Waals surface area contributed by atoms with Crippen molar-refractivity contribution in [3.63, 3.8) is 0 Å². The van der Waals surface area contributed by atoms with E-state index in [-0.39, 0.29) is 10.8 Å². The van der Waals surface area contributed by atoms with Gasteiger partial charge in [0.15, 0.2) is 11.6 Å². The van der Waals surface area contributed by atoms with Gasteiger partial charge < -0.3 is 9.13 Å². The number of pyridine rings is 2. The number of hydrogen-bond acceptors (Lipinski definition) is 4. The first-order chi connectivity index (χ1) is 28.3. The Balaban J connectivity index is 1.24. The lowest BCUT2D eigenvalue weighted by molar-refractivity contribution is 0.555. The van der Waals surface area contributed by atoms with Crippen LogP contribution in [0.2, 0.25) is 0 Å². The highest BCUT2D eigenvalue weighted by Gasteiger charge is 2.31. The molecule has 59 heavy (non-hydrogen) atoms. The summed E-state index contributed by atoms with van der Waals surface area (Å²) in [6.07, 6.45) is 4.05. The van der Waals surface area contributed by atoms with Crippen molar-refractivity contribution in [1.29, 1.82) is 0 Å². The monoisotopic (exact) mass is 772 g/mol. The van der Waals surface area contributed by atoms with Crippen LogP contribution in [0.15, 0.2) is 146 Å². The van der Waals surface area contributed by atoms with E-state index in [0.29, 0.717) is 0 Å². The van der Waals surface area contributed by atoms with Crippen LogP contribution in [0.4, 0.5) is 0 Å². The largest absolute Gasteiger partial charge is 0.309 e. The summed E-state index contributed by atoms with van der Waals surface area (Å²) in [6.45, 7) is 17.6. The zero-order chi connectivity index (χ0) is 40.8. The Labute approximate surface area is 344 Å². The maximum atomic E-state index is 5.47. The Bertz CT molecular complexity index is 2900. The molecule has 0 unspecified atom stereocenters. The van der Waals surface area contributed by atoms with Gasteiger partial charge in [-0.1, -0.05) is 114 Å². The van der Waals surface area contributed by atoms with Gasteiger partial charge >= 0.3 is 0 Å². The molecular weight excluding hydrogens is 725 g/mol. The van der Waals surface area contributed by atoms with Gasteiger partial charge in [-0.05, 0) is 62.4 Å². The Morgan fingerprint density at radius 2 is 0.695 bits per heavy atom. The smallest absolute Gasteiger partial charge is 0.155 e. The Morgan fingerprint density at radius 3 is 1.00 bits per heavy atom. The van der Waals surface area contributed by atoms with Crippen LogP contribution in [0.5, 0.6) is 0 Å². The van der Waals surface area contributed by atoms with Gasteiger partial charge in [-0.2, -0.15) is 10.2 Å². The van der Waals surface area contributed by atoms with E-state index in [1.54, 1.807) is 0 Å². The average molecular weight is 773 g/mol. The van der Waals surface area contributed by atoms with Crippen molar-refractivity contribution in [2.24, 2.45) is 0 Å². The van der Waals surface area contributed by atoms with E-state index in [1.165, 1.54) is 21.5 Å². The SMILES string of the molecule is CC(C)(C)c1ccn(-c2cc(-n3c4ccccc4c4ccccc43)cc(C(C)(C)c3cc(-n4c5ccccc5c5ccccc54)cc(-n4ccc(C(C)(C)C)n4)n3)n2)n1. The van der Waals surface area contributed by atoms with Crippen molar-refractivity contribution in [2.75, 3.05) is 0 Å². The lowest BCUT2D eigenvalue weighted by Gasteiger charge is -2.27. The van der Waals surface area contributed by atoms with E-state index in [0.717, 1.165) is 67.9 Å². The number of fused-ring (bicyclic) bond motifs is 6. The topological polar surface area (TPSA) is 71.3 Å². The van der Waals surface area contributed by atoms with Gasteiger partial charge in [-0.15, -0.1) is 0 Å². The maximum Gasteiger partial charge on any atom is 0.155 e. The third kappa shape index (κ3) is 6.04. The standard InChI is InChI=1S/C51H48N8/c1-49(2,3)43-25-27-56(54-43)47-31-33(58-39-21-13-9-17-35(39)36-18-10-14-22-40(36)58)29-45(52-47)51(7,8)46-30-34(32-48(53-46)57-28-26-44(55-57)50(4,5)6)59-41-23-15-11-19-37(41)38-20-12-16-24-42(38)59/h9-32H,1-8H3. The molecule has 4 aromatic carbocycles. The van der Waals surface area contributed by atoms with Crippen LogP contribution >= 0.6 is 0 Å². The van der Waals surface area contributed by atoms with E-state index in [1.807, 2.05) is 21.8 Å². The summed E-state index contributed by atoms with van der Waals surface area (Å²) in [5.74, 6) is 1.48. The van der Waals surface area contributed by atoms with Crippen molar-refractivity contribution in [3.05, 3.63) is 169 Å². The molecule has 0 saturated carbocycles. The summed E-state index contributed by atoms with van der Waals surface area (Å²) in [6, 6.07) is 47.5. The normalized spacial score (nSPS) is 12.7. The zero-order valence-electron chi connectivity index (χ0n) is 34.9. The summed E-state index contributed by atoms with van der Waals surface area (Å²) in [5, 5.41) is 15.0. The van der Waals surface area contributed by atoms with Crippen molar-refractivity contribution in [3.8, 4) is 23.0 Å². The van der Waals surface area contributed by atoms with E-state index in [2.05, 4.69) is 198 Å². The molecule has 0 aliphatic rings. The fraction of sp³-hybridized carbons (Fsp3) is 0.216. The van der Waals surface area contributed by atoms with Gasteiger partial charge in [0.05, 0.1) is 56.2 Å². The summed E-state index contributed by atoms with van der Waals surface area (Å²) in [7, 11) is 0. The Morgan fingerprint density at radius 1 is 0.373 bits per heavy atom. The van der Waals surface area contributed by atoms with E-state index in [4.69, 9.17) is 20.2 Å². The first-order valence-electron chi connectivity index (χ1n) is 20.4. The number of rotatable bonds is 6. The second kappa shape index (κ2) is 13.1. The zero-order valence-corrected chi connectivity index (χ0v) is 34.9. The summed E-state index contributed by atoms with van der Waals surface area (Å²) in [4.78, 5) is 10.9. The van der Waals surface area contributed by atoms with E-state index >= 15 is 0 Å². The van der Waals surface area contributed by atoms with Gasteiger partial charge in [0, 0.05) is 62.3 Å². The van der Waals surface area contributed by atoms with E-state index in [9.17, 15) is 0 Å². The van der Waals surface area contributed by atoms with Crippen LogP contribution in [0.3, 0.4) is 0 Å². The van der Waals surface area contributed by atoms with Gasteiger partial charge in [-0.25, -0.2) is 19.3 Å². The van der Waals surface area contributed by atoms with Crippen molar-refractivity contribution >= 4 is 43.6 Å². The number of benzene rings is 4. The first-order valence-corrected chi connectivity index (χ1v) is 20.4. The maximum absolute atomic E-state index is 5.47. The molecule has 8 heteroatoms. The summed E-state index contributed by atoms with van der Waals surface area (Å²) in [5.41, 5.74) is 9.35. The van der Waals surface area contributed by atoms with Crippen molar-refractivity contribution in [1.82, 2.24) is 38.7 Å². The fourth-order valence-electron chi connectivity index (χ4n) is 8.37. The van der Waals surface area contributed by atoms with Crippen molar-refractivity contribution in [2.45, 2.75) is 71.6 Å². The molecule has 0 bridgehead atoms.